The molecule has 6 atom stereocenters. The molecule has 0 radical (unpaired) electrons. The lowest BCUT2D eigenvalue weighted by Crippen LogP contribution is -2.78. The Labute approximate surface area is 196 Å². The normalized spacial score (nSPS) is 40.1. The van der Waals surface area contributed by atoms with Crippen LogP contribution in [0.25, 0.3) is 0 Å². The van der Waals surface area contributed by atoms with E-state index in [0.717, 1.165) is 31.7 Å². The van der Waals surface area contributed by atoms with Crippen LogP contribution in [0.5, 0.6) is 11.5 Å². The molecule has 0 aromatic heterocycles. The van der Waals surface area contributed by atoms with Crippen LogP contribution in [0.4, 0.5) is 0 Å². The number of phenolic OH excluding ortho intramolecular Hbond substituents is 1. The van der Waals surface area contributed by atoms with Gasteiger partial charge in [-0.05, 0) is 61.1 Å². The molecule has 1 aromatic carbocycles. The fourth-order valence-electron chi connectivity index (χ4n) is 8.38. The molecule has 7 aliphatic rings. The van der Waals surface area contributed by atoms with E-state index in [2.05, 4.69) is 31.7 Å². The Morgan fingerprint density at radius 1 is 1.21 bits per heavy atom. The summed E-state index contributed by atoms with van der Waals surface area (Å²) in [4.78, 5) is 2.73. The van der Waals surface area contributed by atoms with Gasteiger partial charge in [0.05, 0.1) is 11.0 Å². The van der Waals surface area contributed by atoms with E-state index in [1.54, 1.807) is 7.11 Å². The number of aliphatic hydroxyl groups is 1. The van der Waals surface area contributed by atoms with E-state index in [1.165, 1.54) is 41.7 Å². The van der Waals surface area contributed by atoms with Gasteiger partial charge in [0.2, 0.25) is 0 Å². The molecule has 33 heavy (non-hydrogen) atoms. The van der Waals surface area contributed by atoms with Crippen molar-refractivity contribution >= 4 is 0 Å². The average molecular weight is 452 g/mol. The van der Waals surface area contributed by atoms with E-state index in [4.69, 9.17) is 9.47 Å². The zero-order chi connectivity index (χ0) is 23.1. The first-order chi connectivity index (χ1) is 15.6. The number of nitrogens with zero attached hydrogens (tertiary/aromatic N) is 1. The molecule has 2 N–H and O–H groups in total. The molecule has 2 heterocycles. The number of aromatic hydroxyl groups is 1. The lowest BCUT2D eigenvalue weighted by molar-refractivity contribution is -0.244. The molecule has 1 saturated heterocycles. The first-order valence-electron chi connectivity index (χ1n) is 12.8. The number of likely N-dealkylation sites (tertiary alicyclic amines) is 1. The summed E-state index contributed by atoms with van der Waals surface area (Å²) in [5, 5.41) is 22.9. The summed E-state index contributed by atoms with van der Waals surface area (Å²) in [7, 11) is 1.79. The van der Waals surface area contributed by atoms with Crippen LogP contribution in [0.3, 0.4) is 0 Å². The van der Waals surface area contributed by atoms with Gasteiger partial charge in [-0.2, -0.15) is 0 Å². The molecule has 2 saturated carbocycles. The Balaban J connectivity index is 1.49. The van der Waals surface area contributed by atoms with Gasteiger partial charge in [-0.25, -0.2) is 0 Å². The zero-order valence-electron chi connectivity index (χ0n) is 20.6. The predicted molar refractivity (Wildman–Crippen MR) is 126 cm³/mol. The lowest BCUT2D eigenvalue weighted by Gasteiger charge is -2.70. The van der Waals surface area contributed by atoms with Gasteiger partial charge in [0.25, 0.3) is 0 Å². The second-order valence-corrected chi connectivity index (χ2v) is 12.9. The molecular weight excluding hydrogens is 414 g/mol. The highest BCUT2D eigenvalue weighted by Crippen LogP contribution is 2.74. The van der Waals surface area contributed by atoms with Crippen LogP contribution in [-0.4, -0.2) is 58.7 Å². The fourth-order valence-corrected chi connectivity index (χ4v) is 8.38. The molecule has 2 aliphatic heterocycles. The van der Waals surface area contributed by atoms with Crippen molar-refractivity contribution < 1.29 is 19.7 Å². The Morgan fingerprint density at radius 2 is 1.97 bits per heavy atom. The number of phenols is 1. The van der Waals surface area contributed by atoms with Crippen molar-refractivity contribution in [3.8, 4) is 11.5 Å². The number of hydrogen-bond acceptors (Lipinski definition) is 5. The minimum Gasteiger partial charge on any atom is -0.504 e. The van der Waals surface area contributed by atoms with Crippen LogP contribution in [-0.2, 0) is 16.6 Å². The van der Waals surface area contributed by atoms with Crippen LogP contribution in [0.1, 0.15) is 64.5 Å². The molecule has 8 rings (SSSR count). The summed E-state index contributed by atoms with van der Waals surface area (Å²) in [6.45, 7) is 10.6. The highest BCUT2D eigenvalue weighted by atomic mass is 16.6. The predicted octanol–water partition coefficient (Wildman–Crippen LogP) is 3.94. The average Bonchev–Trinajstić information content (AvgIpc) is 3.47. The number of rotatable bonds is 4. The van der Waals surface area contributed by atoms with E-state index in [0.29, 0.717) is 11.8 Å². The SMILES string of the molecule is CO[C@]12CC(=C3[C@H]4Cc5ccc(O)c6c5[C@@]3(CCN4CC3CC3)[C@H]1O6)[C@@H]2[C@](C)(O)C(C)(C)C. The maximum atomic E-state index is 12.0. The molecule has 0 amide bonds. The first kappa shape index (κ1) is 20.8. The molecule has 1 aromatic rings. The standard InChI is InChI=1S/C28H37NO4/c1-25(2,3)26(4,31)23-17-13-28(23,32-5)24-27-10-11-29(14-15-6-7-15)18(21(17)27)12-16-8-9-19(30)22(33-24)20(16)27/h8-9,15,18,23-24,30-31H,6-7,10-14H2,1-5H3/t18-,23-,24-,26+,27-,28+/m1/s1. The minimum atomic E-state index is -0.943. The summed E-state index contributed by atoms with van der Waals surface area (Å²) in [6, 6.07) is 4.30. The molecule has 178 valence electrons. The number of ether oxygens (including phenoxy) is 2. The Kier molecular flexibility index (Phi) is 3.76. The Morgan fingerprint density at radius 3 is 2.64 bits per heavy atom. The molecule has 0 unspecified atom stereocenters. The summed E-state index contributed by atoms with van der Waals surface area (Å²) in [5.41, 5.74) is 3.38. The van der Waals surface area contributed by atoms with Crippen LogP contribution < -0.4 is 4.74 Å². The summed E-state index contributed by atoms with van der Waals surface area (Å²) in [5.74, 6) is 1.64. The Bertz CT molecular complexity index is 1100. The van der Waals surface area contributed by atoms with Crippen molar-refractivity contribution in [2.75, 3.05) is 20.2 Å². The molecular formula is C28H37NO4. The maximum absolute atomic E-state index is 12.0. The third-order valence-electron chi connectivity index (χ3n) is 10.6. The van der Waals surface area contributed by atoms with Gasteiger partial charge in [-0.3, -0.25) is 4.90 Å². The van der Waals surface area contributed by atoms with Crippen molar-refractivity contribution in [3.63, 3.8) is 0 Å². The quantitative estimate of drug-likeness (QED) is 0.679. The van der Waals surface area contributed by atoms with Crippen LogP contribution in [0.15, 0.2) is 23.3 Å². The molecule has 1 spiro atoms. The minimum absolute atomic E-state index is 0.107. The number of benzene rings is 1. The highest BCUT2D eigenvalue weighted by Gasteiger charge is 2.78. The number of hydrogen-bond donors (Lipinski definition) is 2. The molecule has 5 heteroatoms. The van der Waals surface area contributed by atoms with Crippen LogP contribution in [0, 0.1) is 17.3 Å². The second-order valence-electron chi connectivity index (χ2n) is 12.9. The van der Waals surface area contributed by atoms with E-state index in [-0.39, 0.29) is 28.6 Å². The fraction of sp³-hybridized carbons (Fsp3) is 0.714. The molecule has 5 nitrogen and oxygen atoms in total. The van der Waals surface area contributed by atoms with E-state index < -0.39 is 11.2 Å². The Hall–Kier alpha value is -1.56. The second kappa shape index (κ2) is 5.98. The number of methoxy groups -OCH3 is 1. The summed E-state index contributed by atoms with van der Waals surface area (Å²) < 4.78 is 13.2. The summed E-state index contributed by atoms with van der Waals surface area (Å²) >= 11 is 0. The van der Waals surface area contributed by atoms with E-state index in [9.17, 15) is 10.2 Å². The van der Waals surface area contributed by atoms with Crippen LogP contribution >= 0.6 is 0 Å². The van der Waals surface area contributed by atoms with E-state index >= 15 is 0 Å². The molecule has 5 aliphatic carbocycles. The highest BCUT2D eigenvalue weighted by molar-refractivity contribution is 5.69. The van der Waals surface area contributed by atoms with Crippen molar-refractivity contribution in [1.82, 2.24) is 4.90 Å². The van der Waals surface area contributed by atoms with Crippen molar-refractivity contribution in [2.24, 2.45) is 17.3 Å². The molecule has 4 bridgehead atoms. The van der Waals surface area contributed by atoms with Crippen molar-refractivity contribution in [2.45, 2.75) is 88.6 Å². The van der Waals surface area contributed by atoms with Gasteiger partial charge < -0.3 is 19.7 Å². The third-order valence-corrected chi connectivity index (χ3v) is 10.6. The number of piperidine rings is 1. The summed E-state index contributed by atoms with van der Waals surface area (Å²) in [6.07, 6.45) is 5.28. The van der Waals surface area contributed by atoms with Gasteiger partial charge in [0, 0.05) is 44.1 Å². The van der Waals surface area contributed by atoms with Gasteiger partial charge >= 0.3 is 0 Å². The lowest BCUT2D eigenvalue weighted by atomic mass is 9.39. The van der Waals surface area contributed by atoms with E-state index in [1.807, 2.05) is 13.0 Å². The first-order valence-corrected chi connectivity index (χ1v) is 12.8. The van der Waals surface area contributed by atoms with Crippen LogP contribution in [0.2, 0.25) is 0 Å². The molecule has 3 fully saturated rings. The third kappa shape index (κ3) is 2.21. The van der Waals surface area contributed by atoms with Crippen molar-refractivity contribution in [3.05, 3.63) is 34.4 Å². The topological polar surface area (TPSA) is 62.2 Å². The zero-order valence-corrected chi connectivity index (χ0v) is 20.6. The maximum Gasteiger partial charge on any atom is 0.166 e. The van der Waals surface area contributed by atoms with Gasteiger partial charge in [-0.15, -0.1) is 0 Å². The monoisotopic (exact) mass is 451 g/mol. The van der Waals surface area contributed by atoms with Gasteiger partial charge in [-0.1, -0.05) is 32.4 Å². The van der Waals surface area contributed by atoms with Gasteiger partial charge in [0.15, 0.2) is 11.5 Å². The smallest absolute Gasteiger partial charge is 0.166 e. The largest absolute Gasteiger partial charge is 0.504 e. The van der Waals surface area contributed by atoms with Crippen molar-refractivity contribution in [1.29, 1.82) is 0 Å². The van der Waals surface area contributed by atoms with Gasteiger partial charge in [0.1, 0.15) is 11.7 Å².